The molecular weight excluding hydrogens is 276 g/mol. The number of rotatable bonds is 4. The number of anilines is 2. The molecule has 0 aliphatic carbocycles. The standard InChI is InChI=1S/C18H18N2O2/c1-14(21)20(2)17-11-9-16(10-12-17)19-18(22)13-8-15-6-4-3-5-7-15/h3-13H,1-2H3,(H,19,22). The summed E-state index contributed by atoms with van der Waals surface area (Å²) in [6.45, 7) is 1.50. The van der Waals surface area contributed by atoms with Crippen molar-refractivity contribution in [1.82, 2.24) is 0 Å². The number of nitrogens with one attached hydrogen (secondary N) is 1. The lowest BCUT2D eigenvalue weighted by molar-refractivity contribution is -0.116. The third-order valence-corrected chi connectivity index (χ3v) is 3.22. The van der Waals surface area contributed by atoms with Crippen LogP contribution in [0.3, 0.4) is 0 Å². The van der Waals surface area contributed by atoms with E-state index in [0.29, 0.717) is 5.69 Å². The molecule has 2 aromatic rings. The summed E-state index contributed by atoms with van der Waals surface area (Å²) in [5.41, 5.74) is 2.44. The van der Waals surface area contributed by atoms with E-state index < -0.39 is 0 Å². The first-order valence-electron chi connectivity index (χ1n) is 6.95. The molecule has 4 nitrogen and oxygen atoms in total. The summed E-state index contributed by atoms with van der Waals surface area (Å²) < 4.78 is 0. The second kappa shape index (κ2) is 7.22. The number of hydrogen-bond acceptors (Lipinski definition) is 2. The summed E-state index contributed by atoms with van der Waals surface area (Å²) in [7, 11) is 1.71. The van der Waals surface area contributed by atoms with Gasteiger partial charge in [0.1, 0.15) is 0 Å². The van der Waals surface area contributed by atoms with Crippen LogP contribution in [0.15, 0.2) is 60.7 Å². The maximum Gasteiger partial charge on any atom is 0.248 e. The van der Waals surface area contributed by atoms with Crippen molar-refractivity contribution in [1.29, 1.82) is 0 Å². The van der Waals surface area contributed by atoms with E-state index >= 15 is 0 Å². The third-order valence-electron chi connectivity index (χ3n) is 3.22. The largest absolute Gasteiger partial charge is 0.323 e. The number of carbonyl (C=O) groups is 2. The average molecular weight is 294 g/mol. The Morgan fingerprint density at radius 3 is 2.23 bits per heavy atom. The quantitative estimate of drug-likeness (QED) is 0.879. The van der Waals surface area contributed by atoms with Crippen LogP contribution in [-0.2, 0) is 9.59 Å². The van der Waals surface area contributed by atoms with E-state index in [1.165, 1.54) is 13.0 Å². The van der Waals surface area contributed by atoms with Crippen LogP contribution in [0, 0.1) is 0 Å². The first kappa shape index (κ1) is 15.5. The van der Waals surface area contributed by atoms with Gasteiger partial charge >= 0.3 is 0 Å². The molecule has 0 heterocycles. The molecule has 112 valence electrons. The molecule has 2 aromatic carbocycles. The number of benzene rings is 2. The van der Waals surface area contributed by atoms with Gasteiger partial charge in [0.05, 0.1) is 0 Å². The molecule has 0 fully saturated rings. The number of amides is 2. The molecule has 0 spiro atoms. The van der Waals surface area contributed by atoms with Crippen molar-refractivity contribution < 1.29 is 9.59 Å². The smallest absolute Gasteiger partial charge is 0.248 e. The molecule has 0 atom stereocenters. The Kier molecular flexibility index (Phi) is 5.09. The van der Waals surface area contributed by atoms with Gasteiger partial charge in [0.25, 0.3) is 0 Å². The lowest BCUT2D eigenvalue weighted by Gasteiger charge is -2.15. The van der Waals surface area contributed by atoms with Gasteiger partial charge in [-0.2, -0.15) is 0 Å². The topological polar surface area (TPSA) is 49.4 Å². The Morgan fingerprint density at radius 2 is 1.64 bits per heavy atom. The van der Waals surface area contributed by atoms with Crippen LogP contribution in [0.4, 0.5) is 11.4 Å². The molecule has 2 amide bonds. The fourth-order valence-electron chi connectivity index (χ4n) is 1.87. The van der Waals surface area contributed by atoms with Gasteiger partial charge in [0, 0.05) is 31.4 Å². The molecule has 0 bridgehead atoms. The van der Waals surface area contributed by atoms with E-state index in [-0.39, 0.29) is 11.8 Å². The Balaban J connectivity index is 1.97. The predicted octanol–water partition coefficient (Wildman–Crippen LogP) is 3.32. The highest BCUT2D eigenvalue weighted by atomic mass is 16.2. The van der Waals surface area contributed by atoms with Crippen molar-refractivity contribution in [2.75, 3.05) is 17.3 Å². The Labute approximate surface area is 130 Å². The molecule has 0 radical (unpaired) electrons. The van der Waals surface area contributed by atoms with Gasteiger partial charge in [0.15, 0.2) is 0 Å². The summed E-state index contributed by atoms with van der Waals surface area (Å²) in [5.74, 6) is -0.237. The summed E-state index contributed by atoms with van der Waals surface area (Å²) >= 11 is 0. The minimum atomic E-state index is -0.198. The lowest BCUT2D eigenvalue weighted by atomic mass is 10.2. The van der Waals surface area contributed by atoms with Crippen LogP contribution in [0.25, 0.3) is 6.08 Å². The van der Waals surface area contributed by atoms with Crippen molar-refractivity contribution in [3.63, 3.8) is 0 Å². The Hall–Kier alpha value is -2.88. The van der Waals surface area contributed by atoms with Gasteiger partial charge in [-0.15, -0.1) is 0 Å². The fourth-order valence-corrected chi connectivity index (χ4v) is 1.87. The maximum absolute atomic E-state index is 11.9. The van der Waals surface area contributed by atoms with Gasteiger partial charge in [-0.05, 0) is 35.9 Å². The highest BCUT2D eigenvalue weighted by molar-refractivity contribution is 6.02. The highest BCUT2D eigenvalue weighted by Crippen LogP contribution is 2.17. The zero-order valence-electron chi connectivity index (χ0n) is 12.6. The Bertz CT molecular complexity index is 676. The fraction of sp³-hybridized carbons (Fsp3) is 0.111. The minimum absolute atomic E-state index is 0.0393. The summed E-state index contributed by atoms with van der Waals surface area (Å²) in [5, 5.41) is 2.78. The third kappa shape index (κ3) is 4.31. The molecule has 0 saturated carbocycles. The molecule has 0 aliphatic rings. The van der Waals surface area contributed by atoms with Crippen LogP contribution >= 0.6 is 0 Å². The van der Waals surface area contributed by atoms with Gasteiger partial charge in [0.2, 0.25) is 11.8 Å². The summed E-state index contributed by atoms with van der Waals surface area (Å²) in [6, 6.07) is 16.7. The van der Waals surface area contributed by atoms with E-state index in [1.807, 2.05) is 30.3 Å². The van der Waals surface area contributed by atoms with E-state index in [9.17, 15) is 9.59 Å². The normalized spacial score (nSPS) is 10.5. The van der Waals surface area contributed by atoms with Gasteiger partial charge in [-0.1, -0.05) is 30.3 Å². The van der Waals surface area contributed by atoms with Crippen molar-refractivity contribution in [2.45, 2.75) is 6.92 Å². The van der Waals surface area contributed by atoms with Crippen LogP contribution < -0.4 is 10.2 Å². The van der Waals surface area contributed by atoms with E-state index in [2.05, 4.69) is 5.32 Å². The molecule has 0 aliphatic heterocycles. The lowest BCUT2D eigenvalue weighted by Crippen LogP contribution is -2.22. The van der Waals surface area contributed by atoms with E-state index in [4.69, 9.17) is 0 Å². The van der Waals surface area contributed by atoms with Crippen molar-refractivity contribution in [2.24, 2.45) is 0 Å². The molecule has 1 N–H and O–H groups in total. The molecule has 0 saturated heterocycles. The first-order valence-corrected chi connectivity index (χ1v) is 6.95. The SMILES string of the molecule is CC(=O)N(C)c1ccc(NC(=O)C=Cc2ccccc2)cc1. The monoisotopic (exact) mass is 294 g/mol. The van der Waals surface area contributed by atoms with Crippen molar-refractivity contribution in [3.05, 3.63) is 66.2 Å². The number of hydrogen-bond donors (Lipinski definition) is 1. The minimum Gasteiger partial charge on any atom is -0.323 e. The molecule has 0 unspecified atom stereocenters. The zero-order valence-corrected chi connectivity index (χ0v) is 12.6. The average Bonchev–Trinajstić information content (AvgIpc) is 2.54. The summed E-state index contributed by atoms with van der Waals surface area (Å²) in [4.78, 5) is 24.7. The molecule has 22 heavy (non-hydrogen) atoms. The van der Waals surface area contributed by atoms with Crippen LogP contribution in [0.1, 0.15) is 12.5 Å². The van der Waals surface area contributed by atoms with Crippen LogP contribution in [-0.4, -0.2) is 18.9 Å². The van der Waals surface area contributed by atoms with Crippen LogP contribution in [0.2, 0.25) is 0 Å². The van der Waals surface area contributed by atoms with Crippen LogP contribution in [0.5, 0.6) is 0 Å². The molecule has 4 heteroatoms. The Morgan fingerprint density at radius 1 is 1.00 bits per heavy atom. The maximum atomic E-state index is 11.9. The highest BCUT2D eigenvalue weighted by Gasteiger charge is 2.05. The number of nitrogens with zero attached hydrogens (tertiary/aromatic N) is 1. The van der Waals surface area contributed by atoms with E-state index in [1.54, 1.807) is 42.3 Å². The predicted molar refractivity (Wildman–Crippen MR) is 89.6 cm³/mol. The van der Waals surface area contributed by atoms with E-state index in [0.717, 1.165) is 11.3 Å². The van der Waals surface area contributed by atoms with Crippen molar-refractivity contribution >= 4 is 29.3 Å². The van der Waals surface area contributed by atoms with Gasteiger partial charge in [-0.3, -0.25) is 9.59 Å². The van der Waals surface area contributed by atoms with Gasteiger partial charge in [-0.25, -0.2) is 0 Å². The zero-order chi connectivity index (χ0) is 15.9. The second-order valence-electron chi connectivity index (χ2n) is 4.86. The van der Waals surface area contributed by atoms with Crippen molar-refractivity contribution in [3.8, 4) is 0 Å². The second-order valence-corrected chi connectivity index (χ2v) is 4.86. The molecular formula is C18H18N2O2. The van der Waals surface area contributed by atoms with Gasteiger partial charge < -0.3 is 10.2 Å². The molecule has 0 aromatic heterocycles. The molecule has 2 rings (SSSR count). The number of carbonyl (C=O) groups excluding carboxylic acids is 2. The summed E-state index contributed by atoms with van der Waals surface area (Å²) in [6.07, 6.45) is 3.25. The first-order chi connectivity index (χ1) is 10.6.